The van der Waals surface area contributed by atoms with Crippen molar-refractivity contribution in [1.29, 1.82) is 0 Å². The van der Waals surface area contributed by atoms with Crippen LogP contribution in [0, 0.1) is 5.92 Å². The Bertz CT molecular complexity index is 1230. The van der Waals surface area contributed by atoms with Crippen molar-refractivity contribution in [2.24, 2.45) is 13.0 Å². The lowest BCUT2D eigenvalue weighted by Gasteiger charge is -2.42. The summed E-state index contributed by atoms with van der Waals surface area (Å²) in [6.45, 7) is 1.70. The van der Waals surface area contributed by atoms with Gasteiger partial charge in [0, 0.05) is 55.9 Å². The number of aryl methyl sites for hydroxylation is 1. The number of aromatic nitrogens is 3. The number of carbonyl (C=O) groups is 1. The average molecular weight is 376 g/mol. The van der Waals surface area contributed by atoms with Gasteiger partial charge in [0.2, 0.25) is 0 Å². The van der Waals surface area contributed by atoms with Crippen LogP contribution in [0.1, 0.15) is 28.4 Å². The molecule has 0 N–H and O–H groups in total. The summed E-state index contributed by atoms with van der Waals surface area (Å²) in [5.41, 5.74) is 1.41. The van der Waals surface area contributed by atoms with Crippen molar-refractivity contribution in [2.75, 3.05) is 13.1 Å². The summed E-state index contributed by atoms with van der Waals surface area (Å²) in [6.07, 6.45) is 2.60. The molecule has 0 spiro atoms. The summed E-state index contributed by atoms with van der Waals surface area (Å²) in [5, 5.41) is 0.766. The molecule has 1 amide bonds. The Balaban J connectivity index is 1.53. The molecule has 2 bridgehead atoms. The number of nitrogens with zero attached hydrogens (tertiary/aromatic N) is 4. The predicted octanol–water partition coefficient (Wildman–Crippen LogP) is 1.35. The molecule has 7 heteroatoms. The van der Waals surface area contributed by atoms with Gasteiger partial charge in [-0.15, -0.1) is 0 Å². The highest BCUT2D eigenvalue weighted by Crippen LogP contribution is 2.35. The molecule has 1 fully saturated rings. The number of fused-ring (bicyclic) bond motifs is 5. The van der Waals surface area contributed by atoms with Gasteiger partial charge < -0.3 is 9.47 Å². The fourth-order valence-electron chi connectivity index (χ4n) is 4.68. The first-order valence-electron chi connectivity index (χ1n) is 9.46. The summed E-state index contributed by atoms with van der Waals surface area (Å²) in [4.78, 5) is 44.2. The zero-order valence-electron chi connectivity index (χ0n) is 15.5. The Hall–Kier alpha value is -3.22. The second-order valence-corrected chi connectivity index (χ2v) is 7.75. The van der Waals surface area contributed by atoms with Crippen LogP contribution >= 0.6 is 0 Å². The molecule has 28 heavy (non-hydrogen) atoms. The van der Waals surface area contributed by atoms with Crippen LogP contribution in [0.15, 0.2) is 52.2 Å². The molecule has 3 aromatic rings. The maximum atomic E-state index is 13.3. The first kappa shape index (κ1) is 16.9. The van der Waals surface area contributed by atoms with Crippen LogP contribution in [0.3, 0.4) is 0 Å². The molecule has 2 atom stereocenters. The first-order valence-corrected chi connectivity index (χ1v) is 9.46. The molecule has 7 nitrogen and oxygen atoms in total. The lowest BCUT2D eigenvalue weighted by atomic mass is 9.83. The highest BCUT2D eigenvalue weighted by molar-refractivity contribution is 5.97. The molecule has 0 saturated carbocycles. The molecule has 142 valence electrons. The zero-order chi connectivity index (χ0) is 19.4. The topological polar surface area (TPSA) is 77.2 Å². The van der Waals surface area contributed by atoms with Crippen LogP contribution < -0.4 is 11.1 Å². The number of rotatable bonds is 1. The molecule has 5 rings (SSSR count). The van der Waals surface area contributed by atoms with Gasteiger partial charge in [-0.3, -0.25) is 19.0 Å². The van der Waals surface area contributed by atoms with Crippen LogP contribution in [-0.4, -0.2) is 38.0 Å². The second-order valence-electron chi connectivity index (χ2n) is 7.75. The van der Waals surface area contributed by atoms with Gasteiger partial charge in [-0.25, -0.2) is 4.98 Å². The van der Waals surface area contributed by atoms with Crippen LogP contribution in [0.5, 0.6) is 0 Å². The summed E-state index contributed by atoms with van der Waals surface area (Å²) in [6, 6.07) is 10.6. The molecule has 1 saturated heterocycles. The van der Waals surface area contributed by atoms with Crippen LogP contribution in [0.25, 0.3) is 11.0 Å². The summed E-state index contributed by atoms with van der Waals surface area (Å²) < 4.78 is 3.27. The van der Waals surface area contributed by atoms with E-state index in [-0.39, 0.29) is 34.4 Å². The molecular weight excluding hydrogens is 356 g/mol. The number of hydrogen-bond acceptors (Lipinski definition) is 4. The van der Waals surface area contributed by atoms with E-state index in [2.05, 4.69) is 4.98 Å². The summed E-state index contributed by atoms with van der Waals surface area (Å²) in [7, 11) is 1.64. The first-order chi connectivity index (χ1) is 13.5. The Morgan fingerprint density at radius 2 is 1.96 bits per heavy atom. The number of hydrogen-bond donors (Lipinski definition) is 0. The highest BCUT2D eigenvalue weighted by Gasteiger charge is 2.37. The van der Waals surface area contributed by atoms with E-state index in [1.165, 1.54) is 4.57 Å². The standard InChI is InChI=1S/C21H20N4O3/c1-23-19-14(4-3-7-22-19)9-16(20(23)27)21(28)24-10-13-8-15(12-24)17-5-2-6-18(26)25(17)11-13/h2-7,9,13,15H,8,10-12H2,1H3/t13-,15+/m0/s1. The average Bonchev–Trinajstić information content (AvgIpc) is 2.71. The third kappa shape index (κ3) is 2.50. The van der Waals surface area contributed by atoms with E-state index in [1.54, 1.807) is 42.4 Å². The fraction of sp³-hybridized carbons (Fsp3) is 0.333. The minimum Gasteiger partial charge on any atom is -0.337 e. The van der Waals surface area contributed by atoms with Crippen molar-refractivity contribution in [1.82, 2.24) is 19.0 Å². The van der Waals surface area contributed by atoms with E-state index in [4.69, 9.17) is 0 Å². The molecule has 3 aromatic heterocycles. The Labute approximate surface area is 160 Å². The Kier molecular flexibility index (Phi) is 3.72. The van der Waals surface area contributed by atoms with Crippen LogP contribution in [0.2, 0.25) is 0 Å². The third-order valence-electron chi connectivity index (χ3n) is 5.97. The van der Waals surface area contributed by atoms with Crippen molar-refractivity contribution in [3.05, 3.63) is 74.6 Å². The van der Waals surface area contributed by atoms with Gasteiger partial charge in [0.25, 0.3) is 17.0 Å². The molecule has 0 aromatic carbocycles. The van der Waals surface area contributed by atoms with Gasteiger partial charge in [0.05, 0.1) is 0 Å². The number of piperidine rings is 1. The fourth-order valence-corrected chi connectivity index (χ4v) is 4.68. The maximum Gasteiger partial charge on any atom is 0.264 e. The van der Waals surface area contributed by atoms with Gasteiger partial charge in [0.1, 0.15) is 11.2 Å². The lowest BCUT2D eigenvalue weighted by Crippen LogP contribution is -2.50. The van der Waals surface area contributed by atoms with Gasteiger partial charge >= 0.3 is 0 Å². The van der Waals surface area contributed by atoms with Gasteiger partial charge in [-0.1, -0.05) is 6.07 Å². The van der Waals surface area contributed by atoms with Crippen LogP contribution in [0.4, 0.5) is 0 Å². The maximum absolute atomic E-state index is 13.3. The number of amides is 1. The van der Waals surface area contributed by atoms with Crippen LogP contribution in [-0.2, 0) is 13.6 Å². The number of likely N-dealkylation sites (tertiary alicyclic amines) is 1. The lowest BCUT2D eigenvalue weighted by molar-refractivity contribution is 0.0592. The smallest absolute Gasteiger partial charge is 0.264 e. The zero-order valence-corrected chi connectivity index (χ0v) is 15.5. The van der Waals surface area contributed by atoms with Crippen molar-refractivity contribution in [2.45, 2.75) is 18.9 Å². The minimum absolute atomic E-state index is 0.0166. The van der Waals surface area contributed by atoms with Crippen molar-refractivity contribution in [3.8, 4) is 0 Å². The number of pyridine rings is 3. The molecule has 0 unspecified atom stereocenters. The second kappa shape index (κ2) is 6.15. The largest absolute Gasteiger partial charge is 0.337 e. The normalized spacial score (nSPS) is 20.8. The van der Waals surface area contributed by atoms with Crippen molar-refractivity contribution in [3.63, 3.8) is 0 Å². The molecular formula is C21H20N4O3. The van der Waals surface area contributed by atoms with E-state index in [1.807, 2.05) is 16.7 Å². The van der Waals surface area contributed by atoms with Crippen molar-refractivity contribution >= 4 is 16.9 Å². The van der Waals surface area contributed by atoms with E-state index in [0.717, 1.165) is 17.5 Å². The molecule has 0 aliphatic carbocycles. The SMILES string of the molecule is Cn1c(=O)c(C(=O)N2C[C@@H]3C[C@H](C2)c2cccc(=O)n2C3)cc2cccnc21. The molecule has 0 radical (unpaired) electrons. The Morgan fingerprint density at radius 1 is 1.11 bits per heavy atom. The molecule has 2 aliphatic heterocycles. The Morgan fingerprint density at radius 3 is 2.82 bits per heavy atom. The summed E-state index contributed by atoms with van der Waals surface area (Å²) >= 11 is 0. The number of carbonyl (C=O) groups excluding carboxylic acids is 1. The quantitative estimate of drug-likeness (QED) is 0.642. The van der Waals surface area contributed by atoms with E-state index in [0.29, 0.717) is 25.3 Å². The molecule has 5 heterocycles. The predicted molar refractivity (Wildman–Crippen MR) is 104 cm³/mol. The van der Waals surface area contributed by atoms with Gasteiger partial charge in [-0.2, -0.15) is 0 Å². The third-order valence-corrected chi connectivity index (χ3v) is 5.97. The minimum atomic E-state index is -0.330. The van der Waals surface area contributed by atoms with Gasteiger partial charge in [0.15, 0.2) is 0 Å². The summed E-state index contributed by atoms with van der Waals surface area (Å²) in [5.74, 6) is 0.102. The van der Waals surface area contributed by atoms with E-state index < -0.39 is 0 Å². The molecule has 2 aliphatic rings. The van der Waals surface area contributed by atoms with E-state index >= 15 is 0 Å². The van der Waals surface area contributed by atoms with Crippen molar-refractivity contribution < 1.29 is 4.79 Å². The monoisotopic (exact) mass is 376 g/mol. The highest BCUT2D eigenvalue weighted by atomic mass is 16.2. The van der Waals surface area contributed by atoms with Gasteiger partial charge in [-0.05, 0) is 36.6 Å². The van der Waals surface area contributed by atoms with E-state index in [9.17, 15) is 14.4 Å².